The number of rotatable bonds is 7. The summed E-state index contributed by atoms with van der Waals surface area (Å²) in [5.41, 5.74) is 7.47. The molecule has 0 saturated carbocycles. The molecule has 6 nitrogen and oxygen atoms in total. The first-order valence-corrected chi connectivity index (χ1v) is 12.8. The molecular weight excluding hydrogens is 450 g/mol. The van der Waals surface area contributed by atoms with Crippen LogP contribution in [0.5, 0.6) is 0 Å². The van der Waals surface area contributed by atoms with Crippen LogP contribution >= 0.6 is 0 Å². The van der Waals surface area contributed by atoms with E-state index in [9.17, 15) is 15.0 Å². The number of aromatic nitrogens is 2. The summed E-state index contributed by atoms with van der Waals surface area (Å²) in [4.78, 5) is 24.3. The summed E-state index contributed by atoms with van der Waals surface area (Å²) in [6.07, 6.45) is 3.09. The molecule has 1 aliphatic carbocycles. The second-order valence-corrected chi connectivity index (χ2v) is 10.0. The number of aliphatic hydroxyl groups is 2. The highest BCUT2D eigenvalue weighted by Gasteiger charge is 2.28. The SMILES string of the molecule is Cc1ccc(-c2nc3c(nc2-c2ccc(C)cc2)N(CCCCC2=C(O)CCC2=O)CC(O)C3)cc1. The maximum Gasteiger partial charge on any atom is 0.162 e. The van der Waals surface area contributed by atoms with Crippen molar-refractivity contribution in [3.05, 3.63) is 76.7 Å². The number of aryl methyl sites for hydroxylation is 2. The van der Waals surface area contributed by atoms with Crippen molar-refractivity contribution in [3.63, 3.8) is 0 Å². The molecule has 0 bridgehead atoms. The second-order valence-electron chi connectivity index (χ2n) is 10.0. The van der Waals surface area contributed by atoms with Gasteiger partial charge in [-0.3, -0.25) is 4.79 Å². The highest BCUT2D eigenvalue weighted by Crippen LogP contribution is 2.35. The number of fused-ring (bicyclic) bond motifs is 1. The van der Waals surface area contributed by atoms with Gasteiger partial charge >= 0.3 is 0 Å². The van der Waals surface area contributed by atoms with E-state index in [2.05, 4.69) is 67.3 Å². The summed E-state index contributed by atoms with van der Waals surface area (Å²) in [5.74, 6) is 1.16. The molecule has 5 rings (SSSR count). The van der Waals surface area contributed by atoms with E-state index in [0.29, 0.717) is 44.3 Å². The van der Waals surface area contributed by atoms with Gasteiger partial charge in [0.1, 0.15) is 0 Å². The van der Waals surface area contributed by atoms with E-state index >= 15 is 0 Å². The number of carbonyl (C=O) groups is 1. The summed E-state index contributed by atoms with van der Waals surface area (Å²) >= 11 is 0. The molecule has 36 heavy (non-hydrogen) atoms. The molecule has 3 aromatic rings. The zero-order valence-electron chi connectivity index (χ0n) is 21.0. The van der Waals surface area contributed by atoms with Gasteiger partial charge < -0.3 is 15.1 Å². The van der Waals surface area contributed by atoms with Gasteiger partial charge in [-0.2, -0.15) is 0 Å². The fourth-order valence-corrected chi connectivity index (χ4v) is 5.09. The molecule has 1 aliphatic heterocycles. The van der Waals surface area contributed by atoms with Crippen LogP contribution in [0.4, 0.5) is 5.82 Å². The molecule has 186 valence electrons. The molecular formula is C30H33N3O3. The fraction of sp³-hybridized carbons (Fsp3) is 0.367. The number of aliphatic hydroxyl groups excluding tert-OH is 2. The lowest BCUT2D eigenvalue weighted by Gasteiger charge is -2.33. The predicted molar refractivity (Wildman–Crippen MR) is 142 cm³/mol. The van der Waals surface area contributed by atoms with Gasteiger partial charge in [-0.1, -0.05) is 59.7 Å². The number of carbonyl (C=O) groups excluding carboxylic acids is 1. The van der Waals surface area contributed by atoms with Gasteiger partial charge in [0.2, 0.25) is 0 Å². The molecule has 2 heterocycles. The van der Waals surface area contributed by atoms with Crippen LogP contribution in [0.15, 0.2) is 59.9 Å². The normalized spacial score (nSPS) is 17.6. The number of hydrogen-bond acceptors (Lipinski definition) is 6. The van der Waals surface area contributed by atoms with Gasteiger partial charge in [0.05, 0.1) is 28.9 Å². The number of allylic oxidation sites excluding steroid dienone is 2. The first-order valence-electron chi connectivity index (χ1n) is 12.8. The van der Waals surface area contributed by atoms with E-state index in [1.807, 2.05) is 0 Å². The molecule has 1 unspecified atom stereocenters. The monoisotopic (exact) mass is 483 g/mol. The number of nitrogens with zero attached hydrogens (tertiary/aromatic N) is 3. The lowest BCUT2D eigenvalue weighted by Crippen LogP contribution is -2.40. The number of benzene rings is 2. The van der Waals surface area contributed by atoms with Gasteiger partial charge in [-0.25, -0.2) is 9.97 Å². The van der Waals surface area contributed by atoms with Crippen molar-refractivity contribution in [2.75, 3.05) is 18.0 Å². The Bertz CT molecular complexity index is 1300. The standard InChI is InChI=1S/C30H33N3O3/c1-19-6-10-21(11-7-19)28-29(22-12-8-20(2)9-13-22)32-30-25(31-28)17-23(34)18-33(30)16-4-3-5-24-26(35)14-15-27(24)36/h6-13,23,34-35H,3-5,14-18H2,1-2H3. The van der Waals surface area contributed by atoms with Gasteiger partial charge in [0.25, 0.3) is 0 Å². The molecule has 0 spiro atoms. The van der Waals surface area contributed by atoms with E-state index < -0.39 is 6.10 Å². The third-order valence-corrected chi connectivity index (χ3v) is 7.14. The Morgan fingerprint density at radius 3 is 2.08 bits per heavy atom. The lowest BCUT2D eigenvalue weighted by atomic mass is 10.00. The van der Waals surface area contributed by atoms with Gasteiger partial charge in [-0.15, -0.1) is 0 Å². The highest BCUT2D eigenvalue weighted by molar-refractivity contribution is 5.98. The van der Waals surface area contributed by atoms with Crippen LogP contribution in [0.25, 0.3) is 22.5 Å². The summed E-state index contributed by atoms with van der Waals surface area (Å²) in [7, 11) is 0. The number of ketones is 1. The van der Waals surface area contributed by atoms with Crippen molar-refractivity contribution in [1.82, 2.24) is 9.97 Å². The zero-order chi connectivity index (χ0) is 25.2. The molecule has 1 atom stereocenters. The van der Waals surface area contributed by atoms with Crippen molar-refractivity contribution < 1.29 is 15.0 Å². The Morgan fingerprint density at radius 1 is 0.889 bits per heavy atom. The average molecular weight is 484 g/mol. The van der Waals surface area contributed by atoms with Crippen molar-refractivity contribution in [2.45, 2.75) is 58.5 Å². The fourth-order valence-electron chi connectivity index (χ4n) is 5.09. The van der Waals surface area contributed by atoms with Crippen molar-refractivity contribution in [3.8, 4) is 22.5 Å². The minimum Gasteiger partial charge on any atom is -0.512 e. The van der Waals surface area contributed by atoms with Crippen molar-refractivity contribution in [1.29, 1.82) is 0 Å². The Hall–Kier alpha value is -3.51. The van der Waals surface area contributed by atoms with Crippen LogP contribution in [-0.4, -0.2) is 45.2 Å². The molecule has 1 aromatic heterocycles. The Balaban J connectivity index is 1.45. The van der Waals surface area contributed by atoms with Crippen LogP contribution in [0.2, 0.25) is 0 Å². The van der Waals surface area contributed by atoms with Gasteiger partial charge in [0, 0.05) is 49.1 Å². The van der Waals surface area contributed by atoms with Crippen LogP contribution in [0.3, 0.4) is 0 Å². The van der Waals surface area contributed by atoms with Crippen LogP contribution < -0.4 is 4.90 Å². The van der Waals surface area contributed by atoms with Crippen molar-refractivity contribution >= 4 is 11.6 Å². The maximum absolute atomic E-state index is 12.0. The second kappa shape index (κ2) is 10.2. The lowest BCUT2D eigenvalue weighted by molar-refractivity contribution is -0.115. The number of β-amino-alcohol motifs (C(OH)–C–C–N with tert-alkyl or cyclic N) is 1. The van der Waals surface area contributed by atoms with Gasteiger partial charge in [0.15, 0.2) is 11.6 Å². The van der Waals surface area contributed by atoms with Crippen LogP contribution in [0, 0.1) is 13.8 Å². The molecule has 0 amide bonds. The number of unbranched alkanes of at least 4 members (excludes halogenated alkanes) is 1. The quantitative estimate of drug-likeness (QED) is 0.432. The average Bonchev–Trinajstić information content (AvgIpc) is 3.19. The third-order valence-electron chi connectivity index (χ3n) is 7.14. The minimum atomic E-state index is -0.508. The summed E-state index contributed by atoms with van der Waals surface area (Å²) in [5, 5.41) is 20.6. The predicted octanol–water partition coefficient (Wildman–Crippen LogP) is 5.50. The first-order chi connectivity index (χ1) is 17.4. The molecule has 2 aromatic carbocycles. The van der Waals surface area contributed by atoms with Crippen molar-refractivity contribution in [2.24, 2.45) is 0 Å². The zero-order valence-corrected chi connectivity index (χ0v) is 21.0. The molecule has 2 N–H and O–H groups in total. The number of hydrogen-bond donors (Lipinski definition) is 2. The van der Waals surface area contributed by atoms with Crippen LogP contribution in [0.1, 0.15) is 48.9 Å². The van der Waals surface area contributed by atoms with Gasteiger partial charge in [-0.05, 0) is 33.1 Å². The number of anilines is 1. The molecule has 0 saturated heterocycles. The number of Topliss-reactive ketones (excluding diaryl/α,β-unsaturated/α-hetero) is 1. The Morgan fingerprint density at radius 2 is 1.50 bits per heavy atom. The Kier molecular flexibility index (Phi) is 6.88. The summed E-state index contributed by atoms with van der Waals surface area (Å²) in [6.45, 7) is 5.35. The summed E-state index contributed by atoms with van der Waals surface area (Å²) < 4.78 is 0. The first kappa shape index (κ1) is 24.2. The van der Waals surface area contributed by atoms with E-state index in [-0.39, 0.29) is 11.5 Å². The molecule has 6 heteroatoms. The molecule has 0 fully saturated rings. The van der Waals surface area contributed by atoms with Crippen LogP contribution in [-0.2, 0) is 11.2 Å². The van der Waals surface area contributed by atoms with E-state index in [1.54, 1.807) is 0 Å². The van der Waals surface area contributed by atoms with E-state index in [1.165, 1.54) is 11.1 Å². The highest BCUT2D eigenvalue weighted by atomic mass is 16.3. The smallest absolute Gasteiger partial charge is 0.162 e. The summed E-state index contributed by atoms with van der Waals surface area (Å²) in [6, 6.07) is 16.7. The Labute approximate surface area is 212 Å². The van der Waals surface area contributed by atoms with E-state index in [0.717, 1.165) is 46.9 Å². The minimum absolute atomic E-state index is 0.0727. The molecule has 0 radical (unpaired) electrons. The largest absolute Gasteiger partial charge is 0.512 e. The topological polar surface area (TPSA) is 86.5 Å². The third kappa shape index (κ3) is 5.05. The maximum atomic E-state index is 12.0. The molecule has 2 aliphatic rings. The van der Waals surface area contributed by atoms with E-state index in [4.69, 9.17) is 9.97 Å².